The lowest BCUT2D eigenvalue weighted by atomic mass is 10.2. The number of nitrogens with two attached hydrogens (primary N) is 2. The van der Waals surface area contributed by atoms with Gasteiger partial charge in [0.1, 0.15) is 0 Å². The van der Waals surface area contributed by atoms with E-state index in [-0.39, 0.29) is 0 Å². The van der Waals surface area contributed by atoms with Crippen molar-refractivity contribution in [1.29, 1.82) is 0 Å². The fourth-order valence-electron chi connectivity index (χ4n) is 1.23. The Morgan fingerprint density at radius 2 is 2.00 bits per heavy atom. The molecule has 16 heavy (non-hydrogen) atoms. The molecular weight excluding hydrogens is 198 g/mol. The largest absolute Gasteiger partial charge is 0.404 e. The fraction of sp³-hybridized carbons (Fsp3) is 0.462. The van der Waals surface area contributed by atoms with Crippen molar-refractivity contribution in [3.8, 4) is 0 Å². The number of rotatable bonds is 6. The summed E-state index contributed by atoms with van der Waals surface area (Å²) in [4.78, 5) is 4.47. The quantitative estimate of drug-likeness (QED) is 0.534. The highest BCUT2D eigenvalue weighted by Crippen LogP contribution is 2.04. The van der Waals surface area contributed by atoms with Gasteiger partial charge < -0.3 is 11.5 Å². The van der Waals surface area contributed by atoms with Gasteiger partial charge in [-0.25, -0.2) is 0 Å². The maximum Gasteiger partial charge on any atom is 0.0375 e. The first-order valence-electron chi connectivity index (χ1n) is 5.67. The fourth-order valence-corrected chi connectivity index (χ4v) is 1.23. The minimum atomic E-state index is 0.610. The van der Waals surface area contributed by atoms with Gasteiger partial charge in [0.2, 0.25) is 0 Å². The molecule has 3 heteroatoms. The van der Waals surface area contributed by atoms with E-state index >= 15 is 0 Å². The third kappa shape index (κ3) is 6.19. The number of aliphatic imine (C=N–C) groups is 1. The zero-order valence-electron chi connectivity index (χ0n) is 10.5. The summed E-state index contributed by atoms with van der Waals surface area (Å²) in [5.74, 6) is 0. The SMILES string of the molecule is C\C=C(CC)/N=C(C)/C=C\C(=C/N)CCN. The summed E-state index contributed by atoms with van der Waals surface area (Å²) in [5.41, 5.74) is 14.1. The van der Waals surface area contributed by atoms with Crippen LogP contribution in [0.3, 0.4) is 0 Å². The normalized spacial score (nSPS) is 14.9. The van der Waals surface area contributed by atoms with Gasteiger partial charge in [0.25, 0.3) is 0 Å². The first-order chi connectivity index (χ1) is 7.67. The molecule has 0 heterocycles. The Balaban J connectivity index is 4.54. The van der Waals surface area contributed by atoms with Crippen molar-refractivity contribution in [1.82, 2.24) is 0 Å². The molecule has 0 unspecified atom stereocenters. The molecule has 3 nitrogen and oxygen atoms in total. The standard InChI is InChI=1S/C13H23N3/c1-4-13(5-2)16-11(3)6-7-12(10-15)8-9-14/h4,6-7,10H,5,8-9,14-15H2,1-3H3/b7-6-,12-10+,13-4-,16-11+. The number of nitrogens with zero attached hydrogens (tertiary/aromatic N) is 1. The lowest BCUT2D eigenvalue weighted by Gasteiger charge is -1.99. The van der Waals surface area contributed by atoms with Crippen molar-refractivity contribution in [2.24, 2.45) is 16.5 Å². The Kier molecular flexibility index (Phi) is 8.17. The lowest BCUT2D eigenvalue weighted by Crippen LogP contribution is -2.01. The zero-order valence-corrected chi connectivity index (χ0v) is 10.5. The smallest absolute Gasteiger partial charge is 0.0375 e. The molecule has 0 aromatic carbocycles. The highest BCUT2D eigenvalue weighted by Gasteiger charge is 1.92. The molecule has 0 bridgehead atoms. The minimum Gasteiger partial charge on any atom is -0.404 e. The monoisotopic (exact) mass is 221 g/mol. The first kappa shape index (κ1) is 14.6. The summed E-state index contributed by atoms with van der Waals surface area (Å²) >= 11 is 0. The van der Waals surface area contributed by atoms with Gasteiger partial charge in [-0.1, -0.05) is 19.1 Å². The van der Waals surface area contributed by atoms with Gasteiger partial charge in [0.05, 0.1) is 0 Å². The molecule has 0 rings (SSSR count). The Hall–Kier alpha value is -1.35. The van der Waals surface area contributed by atoms with Crippen LogP contribution in [-0.2, 0) is 0 Å². The molecule has 0 aliphatic carbocycles. The topological polar surface area (TPSA) is 64.4 Å². The van der Waals surface area contributed by atoms with Crippen molar-refractivity contribution in [2.45, 2.75) is 33.6 Å². The van der Waals surface area contributed by atoms with Crippen LogP contribution in [0.2, 0.25) is 0 Å². The molecule has 0 aliphatic heterocycles. The lowest BCUT2D eigenvalue weighted by molar-refractivity contribution is 0.969. The van der Waals surface area contributed by atoms with Crippen LogP contribution in [0.25, 0.3) is 0 Å². The molecule has 0 fully saturated rings. The molecule has 90 valence electrons. The molecule has 4 N–H and O–H groups in total. The first-order valence-corrected chi connectivity index (χ1v) is 5.67. The molecule has 0 aromatic heterocycles. The van der Waals surface area contributed by atoms with Gasteiger partial charge in [0.15, 0.2) is 0 Å². The summed E-state index contributed by atoms with van der Waals surface area (Å²) in [6.45, 7) is 6.68. The summed E-state index contributed by atoms with van der Waals surface area (Å²) in [5, 5.41) is 0. The van der Waals surface area contributed by atoms with Gasteiger partial charge >= 0.3 is 0 Å². The summed E-state index contributed by atoms with van der Waals surface area (Å²) in [6.07, 6.45) is 9.29. The molecular formula is C13H23N3. The molecule has 0 saturated carbocycles. The number of hydrogen-bond acceptors (Lipinski definition) is 3. The van der Waals surface area contributed by atoms with Crippen LogP contribution in [0.5, 0.6) is 0 Å². The van der Waals surface area contributed by atoms with E-state index < -0.39 is 0 Å². The predicted molar refractivity (Wildman–Crippen MR) is 72.2 cm³/mol. The van der Waals surface area contributed by atoms with E-state index in [1.54, 1.807) is 6.20 Å². The summed E-state index contributed by atoms with van der Waals surface area (Å²) in [6, 6.07) is 0. The number of allylic oxidation sites excluding steroid dienone is 4. The van der Waals surface area contributed by atoms with E-state index in [9.17, 15) is 0 Å². The second-order valence-corrected chi connectivity index (χ2v) is 3.50. The Morgan fingerprint density at radius 1 is 1.31 bits per heavy atom. The Bertz CT molecular complexity index is 309. The van der Waals surface area contributed by atoms with E-state index in [0.717, 1.165) is 29.8 Å². The van der Waals surface area contributed by atoms with Gasteiger partial charge in [-0.2, -0.15) is 0 Å². The van der Waals surface area contributed by atoms with E-state index in [4.69, 9.17) is 11.5 Å². The maximum atomic E-state index is 5.48. The molecule has 0 saturated heterocycles. The molecule has 0 radical (unpaired) electrons. The molecule has 0 aromatic rings. The van der Waals surface area contributed by atoms with Gasteiger partial charge in [0, 0.05) is 11.4 Å². The van der Waals surface area contributed by atoms with Crippen molar-refractivity contribution in [3.63, 3.8) is 0 Å². The average molecular weight is 221 g/mol. The van der Waals surface area contributed by atoms with E-state index in [0.29, 0.717) is 6.54 Å². The van der Waals surface area contributed by atoms with Crippen molar-refractivity contribution < 1.29 is 0 Å². The zero-order chi connectivity index (χ0) is 12.4. The molecule has 0 spiro atoms. The van der Waals surface area contributed by atoms with Crippen LogP contribution in [0, 0.1) is 0 Å². The van der Waals surface area contributed by atoms with Gasteiger partial charge in [-0.3, -0.25) is 4.99 Å². The Morgan fingerprint density at radius 3 is 2.44 bits per heavy atom. The van der Waals surface area contributed by atoms with Crippen LogP contribution in [0.4, 0.5) is 0 Å². The molecule has 0 atom stereocenters. The van der Waals surface area contributed by atoms with Crippen molar-refractivity contribution in [2.75, 3.05) is 6.54 Å². The summed E-state index contributed by atoms with van der Waals surface area (Å²) < 4.78 is 0. The molecule has 0 aliphatic rings. The Labute approximate surface area is 98.6 Å². The van der Waals surface area contributed by atoms with Crippen molar-refractivity contribution in [3.05, 3.63) is 35.7 Å². The average Bonchev–Trinajstić information content (AvgIpc) is 2.31. The van der Waals surface area contributed by atoms with E-state index in [1.165, 1.54) is 0 Å². The third-order valence-corrected chi connectivity index (χ3v) is 2.20. The van der Waals surface area contributed by atoms with Gasteiger partial charge in [-0.05, 0) is 51.1 Å². The van der Waals surface area contributed by atoms with Gasteiger partial charge in [-0.15, -0.1) is 0 Å². The van der Waals surface area contributed by atoms with Crippen LogP contribution in [0.1, 0.15) is 33.6 Å². The maximum absolute atomic E-state index is 5.48. The number of hydrogen-bond donors (Lipinski definition) is 2. The van der Waals surface area contributed by atoms with Crippen LogP contribution < -0.4 is 11.5 Å². The van der Waals surface area contributed by atoms with Crippen molar-refractivity contribution >= 4 is 5.71 Å². The highest BCUT2D eigenvalue weighted by molar-refractivity contribution is 5.93. The minimum absolute atomic E-state index is 0.610. The molecule has 0 amide bonds. The second kappa shape index (κ2) is 8.92. The third-order valence-electron chi connectivity index (χ3n) is 2.20. The highest BCUT2D eigenvalue weighted by atomic mass is 14.7. The van der Waals surface area contributed by atoms with Crippen LogP contribution in [-0.4, -0.2) is 12.3 Å². The van der Waals surface area contributed by atoms with Crippen LogP contribution in [0.15, 0.2) is 40.7 Å². The predicted octanol–water partition coefficient (Wildman–Crippen LogP) is 2.51. The van der Waals surface area contributed by atoms with E-state index in [2.05, 4.69) is 11.9 Å². The summed E-state index contributed by atoms with van der Waals surface area (Å²) in [7, 11) is 0. The van der Waals surface area contributed by atoms with E-state index in [1.807, 2.05) is 32.1 Å². The van der Waals surface area contributed by atoms with Crippen LogP contribution >= 0.6 is 0 Å². The second-order valence-electron chi connectivity index (χ2n) is 3.50.